The summed E-state index contributed by atoms with van der Waals surface area (Å²) in [4.78, 5) is 39.6. The van der Waals surface area contributed by atoms with Crippen molar-refractivity contribution in [2.75, 3.05) is 24.0 Å². The van der Waals surface area contributed by atoms with Crippen LogP contribution in [0.25, 0.3) is 0 Å². The topological polar surface area (TPSA) is 97.3 Å². The van der Waals surface area contributed by atoms with Gasteiger partial charge in [0.25, 0.3) is 5.78 Å². The van der Waals surface area contributed by atoms with Crippen LogP contribution < -0.4 is 15.1 Å². The number of methoxy groups -OCH3 is 1. The van der Waals surface area contributed by atoms with Crippen molar-refractivity contribution in [3.05, 3.63) is 54.6 Å². The Morgan fingerprint density at radius 3 is 2.41 bits per heavy atom. The summed E-state index contributed by atoms with van der Waals surface area (Å²) in [5.74, 6) is -1.99. The van der Waals surface area contributed by atoms with Crippen molar-refractivity contribution >= 4 is 34.7 Å². The minimum Gasteiger partial charge on any atom is -0.495 e. The number of hydrogen-bond acceptors (Lipinski definition) is 7. The van der Waals surface area contributed by atoms with Gasteiger partial charge in [0.05, 0.1) is 19.4 Å². The van der Waals surface area contributed by atoms with Gasteiger partial charge in [-0.2, -0.15) is 5.10 Å². The number of ketones is 1. The highest BCUT2D eigenvalue weighted by atomic mass is 16.5. The van der Waals surface area contributed by atoms with Crippen molar-refractivity contribution in [3.63, 3.8) is 0 Å². The van der Waals surface area contributed by atoms with Gasteiger partial charge in [0.1, 0.15) is 5.75 Å². The van der Waals surface area contributed by atoms with Crippen molar-refractivity contribution < 1.29 is 23.9 Å². The highest BCUT2D eigenvalue weighted by molar-refractivity contribution is 6.75. The van der Waals surface area contributed by atoms with E-state index in [-0.39, 0.29) is 12.3 Å². The van der Waals surface area contributed by atoms with E-state index in [9.17, 15) is 14.4 Å². The maximum Gasteiger partial charge on any atom is 0.338 e. The third kappa shape index (κ3) is 3.44. The fourth-order valence-corrected chi connectivity index (χ4v) is 3.16. The first kappa shape index (κ1) is 20.1. The summed E-state index contributed by atoms with van der Waals surface area (Å²) in [5, 5.41) is 4.14. The van der Waals surface area contributed by atoms with E-state index in [2.05, 4.69) is 10.5 Å². The Labute approximate surface area is 168 Å². The highest BCUT2D eigenvalue weighted by Gasteiger charge is 2.60. The number of amides is 1. The predicted molar refractivity (Wildman–Crippen MR) is 108 cm³/mol. The molecule has 0 unspecified atom stereocenters. The standard InChI is InChI=1S/C21H21N3O5/c1-4-29-20(27)21(2)18(23-22-15-12-8-9-13-16(15)28-3)17(25)19(26)24(21)14-10-6-5-7-11-14/h5-13,22H,4H2,1-3H3/b23-18-/t21-/m1/s1. The second kappa shape index (κ2) is 8.14. The second-order valence-corrected chi connectivity index (χ2v) is 6.37. The zero-order valence-electron chi connectivity index (χ0n) is 16.3. The number of carbonyl (C=O) groups is 3. The number of nitrogens with zero attached hydrogens (tertiary/aromatic N) is 2. The van der Waals surface area contributed by atoms with Crippen LogP contribution in [-0.2, 0) is 19.1 Å². The molecule has 1 fully saturated rings. The number of Topliss-reactive ketones (excluding diaryl/α,β-unsaturated/α-hetero) is 1. The first-order chi connectivity index (χ1) is 13.9. The average Bonchev–Trinajstić information content (AvgIpc) is 2.93. The SMILES string of the molecule is CCOC(=O)[C@@]1(C)/C(=N\Nc2ccccc2OC)C(=O)C(=O)N1c1ccccc1. The molecule has 1 N–H and O–H groups in total. The van der Waals surface area contributed by atoms with Gasteiger partial charge in [0.15, 0.2) is 11.3 Å². The van der Waals surface area contributed by atoms with Crippen molar-refractivity contribution in [1.82, 2.24) is 0 Å². The predicted octanol–water partition coefficient (Wildman–Crippen LogP) is 2.40. The number of hydrazone groups is 1. The number of esters is 1. The van der Waals surface area contributed by atoms with Crippen molar-refractivity contribution in [2.24, 2.45) is 5.10 Å². The van der Waals surface area contributed by atoms with Crippen LogP contribution >= 0.6 is 0 Å². The van der Waals surface area contributed by atoms with E-state index in [1.807, 2.05) is 0 Å². The quantitative estimate of drug-likeness (QED) is 0.458. The number of ether oxygens (including phenoxy) is 2. The van der Waals surface area contributed by atoms with Gasteiger partial charge in [-0.3, -0.25) is 19.9 Å². The molecular weight excluding hydrogens is 374 g/mol. The van der Waals surface area contributed by atoms with Crippen LogP contribution in [-0.4, -0.2) is 42.6 Å². The summed E-state index contributed by atoms with van der Waals surface area (Å²) in [6, 6.07) is 15.4. The van der Waals surface area contributed by atoms with E-state index in [0.717, 1.165) is 4.90 Å². The first-order valence-corrected chi connectivity index (χ1v) is 9.03. The van der Waals surface area contributed by atoms with Crippen LogP contribution in [0.3, 0.4) is 0 Å². The lowest BCUT2D eigenvalue weighted by molar-refractivity contribution is -0.147. The summed E-state index contributed by atoms with van der Waals surface area (Å²) in [6.45, 7) is 3.19. The van der Waals surface area contributed by atoms with E-state index in [0.29, 0.717) is 17.1 Å². The average molecular weight is 395 g/mol. The molecule has 0 bridgehead atoms. The van der Waals surface area contributed by atoms with Gasteiger partial charge in [-0.1, -0.05) is 30.3 Å². The zero-order valence-corrected chi connectivity index (χ0v) is 16.3. The van der Waals surface area contributed by atoms with E-state index in [1.165, 1.54) is 14.0 Å². The molecule has 0 radical (unpaired) electrons. The van der Waals surface area contributed by atoms with E-state index >= 15 is 0 Å². The van der Waals surface area contributed by atoms with Crippen LogP contribution in [0.2, 0.25) is 0 Å². The van der Waals surface area contributed by atoms with Gasteiger partial charge in [0.2, 0.25) is 0 Å². The van der Waals surface area contributed by atoms with E-state index < -0.39 is 23.2 Å². The van der Waals surface area contributed by atoms with Crippen LogP contribution in [0.15, 0.2) is 59.7 Å². The van der Waals surface area contributed by atoms with Gasteiger partial charge >= 0.3 is 11.9 Å². The van der Waals surface area contributed by atoms with Crippen LogP contribution in [0.5, 0.6) is 5.75 Å². The fraction of sp³-hybridized carbons (Fsp3) is 0.238. The molecule has 1 aliphatic heterocycles. The Morgan fingerprint density at radius 1 is 1.10 bits per heavy atom. The summed E-state index contributed by atoms with van der Waals surface area (Å²) < 4.78 is 10.4. The summed E-state index contributed by atoms with van der Waals surface area (Å²) in [7, 11) is 1.50. The maximum atomic E-state index is 12.9. The van der Waals surface area contributed by atoms with Crippen molar-refractivity contribution in [3.8, 4) is 5.75 Å². The molecule has 1 atom stereocenters. The van der Waals surface area contributed by atoms with Crippen LogP contribution in [0.4, 0.5) is 11.4 Å². The Bertz CT molecular complexity index is 973. The Morgan fingerprint density at radius 2 is 1.76 bits per heavy atom. The number of benzene rings is 2. The Balaban J connectivity index is 2.10. The molecule has 3 rings (SSSR count). The number of hydrogen-bond donors (Lipinski definition) is 1. The molecule has 2 aromatic carbocycles. The summed E-state index contributed by atoms with van der Waals surface area (Å²) in [5.41, 5.74) is 1.63. The number of carbonyl (C=O) groups excluding carboxylic acids is 3. The third-order valence-electron chi connectivity index (χ3n) is 4.60. The Kier molecular flexibility index (Phi) is 5.63. The second-order valence-electron chi connectivity index (χ2n) is 6.37. The minimum absolute atomic E-state index is 0.0899. The molecule has 0 aliphatic carbocycles. The maximum absolute atomic E-state index is 12.9. The first-order valence-electron chi connectivity index (χ1n) is 9.03. The lowest BCUT2D eigenvalue weighted by atomic mass is 9.95. The number of rotatable bonds is 6. The fourth-order valence-electron chi connectivity index (χ4n) is 3.16. The third-order valence-corrected chi connectivity index (χ3v) is 4.60. The zero-order chi connectivity index (χ0) is 21.0. The molecule has 29 heavy (non-hydrogen) atoms. The number of para-hydroxylation sites is 3. The molecule has 8 heteroatoms. The highest BCUT2D eigenvalue weighted by Crippen LogP contribution is 2.33. The Hall–Kier alpha value is -3.68. The van der Waals surface area contributed by atoms with E-state index in [4.69, 9.17) is 9.47 Å². The molecule has 1 aliphatic rings. The smallest absolute Gasteiger partial charge is 0.338 e. The van der Waals surface area contributed by atoms with Crippen LogP contribution in [0.1, 0.15) is 13.8 Å². The molecule has 8 nitrogen and oxygen atoms in total. The molecule has 0 saturated carbocycles. The molecule has 1 heterocycles. The largest absolute Gasteiger partial charge is 0.495 e. The van der Waals surface area contributed by atoms with Gasteiger partial charge in [0, 0.05) is 5.69 Å². The molecule has 0 aromatic heterocycles. The number of nitrogens with one attached hydrogen (secondary N) is 1. The van der Waals surface area contributed by atoms with Crippen molar-refractivity contribution in [2.45, 2.75) is 19.4 Å². The molecule has 1 amide bonds. The molecule has 2 aromatic rings. The lowest BCUT2D eigenvalue weighted by Gasteiger charge is -2.31. The van der Waals surface area contributed by atoms with Gasteiger partial charge in [-0.15, -0.1) is 0 Å². The minimum atomic E-state index is -1.72. The van der Waals surface area contributed by atoms with Gasteiger partial charge in [-0.05, 0) is 38.1 Å². The normalized spacial score (nSPS) is 20.1. The number of anilines is 2. The van der Waals surface area contributed by atoms with Gasteiger partial charge < -0.3 is 9.47 Å². The molecule has 150 valence electrons. The lowest BCUT2D eigenvalue weighted by Crippen LogP contribution is -2.55. The molecular formula is C21H21N3O5. The molecule has 1 saturated heterocycles. The molecule has 0 spiro atoms. The monoisotopic (exact) mass is 395 g/mol. The van der Waals surface area contributed by atoms with E-state index in [1.54, 1.807) is 61.5 Å². The van der Waals surface area contributed by atoms with Crippen LogP contribution in [0, 0.1) is 0 Å². The summed E-state index contributed by atoms with van der Waals surface area (Å²) >= 11 is 0. The summed E-state index contributed by atoms with van der Waals surface area (Å²) in [6.07, 6.45) is 0. The van der Waals surface area contributed by atoms with Crippen molar-refractivity contribution in [1.29, 1.82) is 0 Å². The van der Waals surface area contributed by atoms with Gasteiger partial charge in [-0.25, -0.2) is 4.79 Å².